The van der Waals surface area contributed by atoms with E-state index in [1.807, 2.05) is 32.9 Å². The van der Waals surface area contributed by atoms with Crippen molar-refractivity contribution in [2.24, 2.45) is 0 Å². The number of rotatable bonds is 4. The van der Waals surface area contributed by atoms with Crippen LogP contribution in [0, 0.1) is 11.3 Å². The minimum Gasteiger partial charge on any atom is -0.491 e. The lowest BCUT2D eigenvalue weighted by atomic mass is 10.2. The fraction of sp³-hybridized carbons (Fsp3) is 0.562. The highest BCUT2D eigenvalue weighted by Crippen LogP contribution is 2.21. The Labute approximate surface area is 121 Å². The third-order valence-corrected chi connectivity index (χ3v) is 3.62. The maximum absolute atomic E-state index is 8.95. The highest BCUT2D eigenvalue weighted by molar-refractivity contribution is 5.49. The summed E-state index contributed by atoms with van der Waals surface area (Å²) < 4.78 is 5.66. The summed E-state index contributed by atoms with van der Waals surface area (Å²) in [5.41, 5.74) is 1.23. The summed E-state index contributed by atoms with van der Waals surface area (Å²) >= 11 is 0. The standard InChI is InChI=1S/C16H23N3O/c1-13(2)20-16-6-4-15(5-7-16)19-10-8-18(9-11-19)14(3)12-17/h4-7,13-14H,8-11H2,1-3H3. The number of hydrogen-bond acceptors (Lipinski definition) is 4. The fourth-order valence-electron chi connectivity index (χ4n) is 2.46. The molecule has 1 aromatic carbocycles. The van der Waals surface area contributed by atoms with Gasteiger partial charge in [0.1, 0.15) is 5.75 Å². The molecule has 0 spiro atoms. The van der Waals surface area contributed by atoms with E-state index in [1.165, 1.54) is 5.69 Å². The Morgan fingerprint density at radius 2 is 1.65 bits per heavy atom. The Bertz CT molecular complexity index is 456. The molecule has 4 nitrogen and oxygen atoms in total. The predicted octanol–water partition coefficient (Wildman–Crippen LogP) is 2.51. The second-order valence-corrected chi connectivity index (χ2v) is 5.49. The predicted molar refractivity (Wildman–Crippen MR) is 81.1 cm³/mol. The van der Waals surface area contributed by atoms with Crippen LogP contribution in [0.25, 0.3) is 0 Å². The Morgan fingerprint density at radius 1 is 1.05 bits per heavy atom. The zero-order chi connectivity index (χ0) is 14.5. The first-order chi connectivity index (χ1) is 9.60. The molecule has 0 aromatic heterocycles. The molecule has 4 heteroatoms. The summed E-state index contributed by atoms with van der Waals surface area (Å²) in [5.74, 6) is 0.917. The average Bonchev–Trinajstić information content (AvgIpc) is 2.47. The van der Waals surface area contributed by atoms with E-state index >= 15 is 0 Å². The highest BCUT2D eigenvalue weighted by atomic mass is 16.5. The molecule has 1 heterocycles. The van der Waals surface area contributed by atoms with Gasteiger partial charge in [-0.3, -0.25) is 4.90 Å². The first kappa shape index (κ1) is 14.7. The molecule has 0 N–H and O–H groups in total. The van der Waals surface area contributed by atoms with Gasteiger partial charge in [0, 0.05) is 31.9 Å². The molecule has 1 fully saturated rings. The molecule has 0 saturated carbocycles. The number of ether oxygens (including phenoxy) is 1. The van der Waals surface area contributed by atoms with Crippen LogP contribution in [-0.2, 0) is 0 Å². The summed E-state index contributed by atoms with van der Waals surface area (Å²) in [6.45, 7) is 9.85. The SMILES string of the molecule is CC(C)Oc1ccc(N2CCN(C(C)C#N)CC2)cc1. The summed E-state index contributed by atoms with van der Waals surface area (Å²) in [7, 11) is 0. The number of anilines is 1. The van der Waals surface area contributed by atoms with Crippen LogP contribution >= 0.6 is 0 Å². The Balaban J connectivity index is 1.92. The summed E-state index contributed by atoms with van der Waals surface area (Å²) in [6.07, 6.45) is 0.205. The zero-order valence-electron chi connectivity index (χ0n) is 12.5. The summed E-state index contributed by atoms with van der Waals surface area (Å²) in [6, 6.07) is 10.6. The second-order valence-electron chi connectivity index (χ2n) is 5.49. The van der Waals surface area contributed by atoms with Crippen LogP contribution in [0.1, 0.15) is 20.8 Å². The molecule has 1 atom stereocenters. The quantitative estimate of drug-likeness (QED) is 0.845. The van der Waals surface area contributed by atoms with Crippen LogP contribution in [0.5, 0.6) is 5.75 Å². The summed E-state index contributed by atoms with van der Waals surface area (Å²) in [4.78, 5) is 4.59. The van der Waals surface area contributed by atoms with Crippen LogP contribution in [0.4, 0.5) is 5.69 Å². The van der Waals surface area contributed by atoms with Gasteiger partial charge in [0.25, 0.3) is 0 Å². The topological polar surface area (TPSA) is 39.5 Å². The monoisotopic (exact) mass is 273 g/mol. The minimum atomic E-state index is 0.0129. The average molecular weight is 273 g/mol. The smallest absolute Gasteiger partial charge is 0.119 e. The molecule has 0 aliphatic carbocycles. The van der Waals surface area contributed by atoms with Crippen molar-refractivity contribution in [1.82, 2.24) is 4.90 Å². The molecule has 108 valence electrons. The van der Waals surface area contributed by atoms with Gasteiger partial charge in [-0.05, 0) is 45.0 Å². The Morgan fingerprint density at radius 3 is 2.15 bits per heavy atom. The minimum absolute atomic E-state index is 0.0129. The molecule has 0 amide bonds. The van der Waals surface area contributed by atoms with Crippen LogP contribution in [-0.4, -0.2) is 43.2 Å². The molecule has 1 aromatic rings. The molecule has 0 bridgehead atoms. The van der Waals surface area contributed by atoms with Gasteiger partial charge in [-0.15, -0.1) is 0 Å². The van der Waals surface area contributed by atoms with Crippen LogP contribution in [0.3, 0.4) is 0 Å². The van der Waals surface area contributed by atoms with E-state index in [4.69, 9.17) is 10.00 Å². The maximum atomic E-state index is 8.95. The Hall–Kier alpha value is -1.73. The highest BCUT2D eigenvalue weighted by Gasteiger charge is 2.20. The third-order valence-electron chi connectivity index (χ3n) is 3.62. The van der Waals surface area contributed by atoms with E-state index in [-0.39, 0.29) is 12.1 Å². The lowest BCUT2D eigenvalue weighted by Gasteiger charge is -2.37. The fourth-order valence-corrected chi connectivity index (χ4v) is 2.46. The summed E-state index contributed by atoms with van der Waals surface area (Å²) in [5, 5.41) is 8.95. The molecular formula is C16H23N3O. The molecule has 2 rings (SSSR count). The van der Waals surface area contributed by atoms with Gasteiger partial charge in [-0.1, -0.05) is 0 Å². The van der Waals surface area contributed by atoms with Crippen LogP contribution in [0.2, 0.25) is 0 Å². The third kappa shape index (κ3) is 3.64. The van der Waals surface area contributed by atoms with Gasteiger partial charge < -0.3 is 9.64 Å². The van der Waals surface area contributed by atoms with Crippen LogP contribution < -0.4 is 9.64 Å². The van der Waals surface area contributed by atoms with Crippen molar-refractivity contribution >= 4 is 5.69 Å². The number of hydrogen-bond donors (Lipinski definition) is 0. The lowest BCUT2D eigenvalue weighted by molar-refractivity contribution is 0.231. The molecule has 1 unspecified atom stereocenters. The van der Waals surface area contributed by atoms with E-state index in [9.17, 15) is 0 Å². The Kier molecular flexibility index (Phi) is 4.86. The van der Waals surface area contributed by atoms with Gasteiger partial charge in [0.15, 0.2) is 0 Å². The number of nitrogens with zero attached hydrogens (tertiary/aromatic N) is 3. The molecule has 1 saturated heterocycles. The van der Waals surface area contributed by atoms with Crippen molar-refractivity contribution in [3.8, 4) is 11.8 Å². The van der Waals surface area contributed by atoms with Crippen molar-refractivity contribution < 1.29 is 4.74 Å². The molecule has 1 aliphatic heterocycles. The van der Waals surface area contributed by atoms with Crippen molar-refractivity contribution in [3.63, 3.8) is 0 Å². The number of nitriles is 1. The second kappa shape index (κ2) is 6.62. The molecular weight excluding hydrogens is 250 g/mol. The van der Waals surface area contributed by atoms with Crippen molar-refractivity contribution in [3.05, 3.63) is 24.3 Å². The first-order valence-corrected chi connectivity index (χ1v) is 7.25. The molecule has 0 radical (unpaired) electrons. The van der Waals surface area contributed by atoms with Crippen molar-refractivity contribution in [2.45, 2.75) is 32.9 Å². The van der Waals surface area contributed by atoms with Gasteiger partial charge >= 0.3 is 0 Å². The van der Waals surface area contributed by atoms with Crippen LogP contribution in [0.15, 0.2) is 24.3 Å². The molecule has 1 aliphatic rings. The lowest BCUT2D eigenvalue weighted by Crippen LogP contribution is -2.49. The van der Waals surface area contributed by atoms with E-state index in [1.54, 1.807) is 0 Å². The van der Waals surface area contributed by atoms with Gasteiger partial charge in [0.2, 0.25) is 0 Å². The normalized spacial score (nSPS) is 17.9. The largest absolute Gasteiger partial charge is 0.491 e. The maximum Gasteiger partial charge on any atom is 0.119 e. The van der Waals surface area contributed by atoms with Crippen molar-refractivity contribution in [2.75, 3.05) is 31.1 Å². The van der Waals surface area contributed by atoms with E-state index < -0.39 is 0 Å². The van der Waals surface area contributed by atoms with Gasteiger partial charge in [0.05, 0.1) is 18.2 Å². The van der Waals surface area contributed by atoms with Gasteiger partial charge in [-0.25, -0.2) is 0 Å². The van der Waals surface area contributed by atoms with Gasteiger partial charge in [-0.2, -0.15) is 5.26 Å². The number of piperazine rings is 1. The van der Waals surface area contributed by atoms with E-state index in [0.717, 1.165) is 31.9 Å². The zero-order valence-corrected chi connectivity index (χ0v) is 12.5. The van der Waals surface area contributed by atoms with Crippen molar-refractivity contribution in [1.29, 1.82) is 5.26 Å². The number of benzene rings is 1. The van der Waals surface area contributed by atoms with E-state index in [2.05, 4.69) is 28.0 Å². The molecule has 20 heavy (non-hydrogen) atoms. The van der Waals surface area contributed by atoms with E-state index in [0.29, 0.717) is 0 Å². The first-order valence-electron chi connectivity index (χ1n) is 7.25.